The topological polar surface area (TPSA) is 116 Å². The first-order chi connectivity index (χ1) is 13.2. The second-order valence-corrected chi connectivity index (χ2v) is 6.14. The smallest absolute Gasteiger partial charge is 0.293 e. The highest BCUT2D eigenvalue weighted by Crippen LogP contribution is 2.30. The van der Waals surface area contributed by atoms with Gasteiger partial charge in [-0.25, -0.2) is 0 Å². The molecule has 3 heterocycles. The van der Waals surface area contributed by atoms with Gasteiger partial charge in [0, 0.05) is 31.0 Å². The highest BCUT2D eigenvalue weighted by atomic mass is 16.6. The molecule has 3 aromatic rings. The normalized spacial score (nSPS) is 16.4. The number of rotatable bonds is 6. The second kappa shape index (κ2) is 7.50. The summed E-state index contributed by atoms with van der Waals surface area (Å²) in [7, 11) is 0. The molecule has 0 aliphatic carbocycles. The van der Waals surface area contributed by atoms with Crippen LogP contribution in [0.1, 0.15) is 12.8 Å². The Labute approximate surface area is 154 Å². The third-order valence-electron chi connectivity index (χ3n) is 4.31. The molecule has 27 heavy (non-hydrogen) atoms. The van der Waals surface area contributed by atoms with Crippen molar-refractivity contribution in [1.82, 2.24) is 15.1 Å². The van der Waals surface area contributed by atoms with Crippen molar-refractivity contribution in [1.29, 1.82) is 0 Å². The minimum absolute atomic E-state index is 0.0466. The van der Waals surface area contributed by atoms with E-state index in [-0.39, 0.29) is 23.5 Å². The lowest BCUT2D eigenvalue weighted by Gasteiger charge is -2.12. The Morgan fingerprint density at radius 3 is 2.96 bits per heavy atom. The van der Waals surface area contributed by atoms with Crippen molar-refractivity contribution >= 4 is 11.4 Å². The molecule has 9 heteroatoms. The fourth-order valence-electron chi connectivity index (χ4n) is 2.93. The zero-order valence-corrected chi connectivity index (χ0v) is 14.4. The number of ether oxygens (including phenoxy) is 1. The molecule has 1 N–H and O–H groups in total. The molecular weight excluding hydrogens is 350 g/mol. The van der Waals surface area contributed by atoms with E-state index in [1.165, 1.54) is 6.07 Å². The predicted molar refractivity (Wildman–Crippen MR) is 97.1 cm³/mol. The number of benzene rings is 1. The molecule has 1 fully saturated rings. The largest absolute Gasteiger partial charge is 0.377 e. The van der Waals surface area contributed by atoms with Crippen molar-refractivity contribution < 1.29 is 14.2 Å². The summed E-state index contributed by atoms with van der Waals surface area (Å²) in [5, 5.41) is 18.5. The Balaban J connectivity index is 1.57. The number of pyridine rings is 1. The molecule has 1 aliphatic heterocycles. The number of nitrogens with zero attached hydrogens (tertiary/aromatic N) is 4. The van der Waals surface area contributed by atoms with Crippen molar-refractivity contribution in [3.63, 3.8) is 0 Å². The number of nitro groups is 1. The molecule has 1 atom stereocenters. The average Bonchev–Trinajstić information content (AvgIpc) is 3.39. The second-order valence-electron chi connectivity index (χ2n) is 6.14. The van der Waals surface area contributed by atoms with E-state index in [1.807, 2.05) is 6.07 Å². The van der Waals surface area contributed by atoms with E-state index in [9.17, 15) is 10.1 Å². The molecule has 9 nitrogen and oxygen atoms in total. The van der Waals surface area contributed by atoms with Crippen molar-refractivity contribution in [3.8, 4) is 23.0 Å². The standard InChI is InChI=1S/C18H17N5O4/c24-23(25)16-10-12(6-7-14(16)20-11-13-4-3-9-26-13)17-21-18(27-22-17)15-5-1-2-8-19-15/h1-2,5-8,10,13,20H,3-4,9,11H2/t13-/m1/s1. The fraction of sp³-hybridized carbons (Fsp3) is 0.278. The van der Waals surface area contributed by atoms with Gasteiger partial charge in [0.1, 0.15) is 11.4 Å². The minimum atomic E-state index is -0.429. The Morgan fingerprint density at radius 1 is 1.30 bits per heavy atom. The SMILES string of the molecule is O=[N+]([O-])c1cc(-c2noc(-c3ccccn3)n2)ccc1NC[C@H]1CCCO1. The van der Waals surface area contributed by atoms with Gasteiger partial charge in [0.05, 0.1) is 11.0 Å². The van der Waals surface area contributed by atoms with Gasteiger partial charge in [-0.2, -0.15) is 4.98 Å². The quantitative estimate of drug-likeness (QED) is 0.521. The first kappa shape index (κ1) is 17.1. The van der Waals surface area contributed by atoms with Crippen LogP contribution in [0, 0.1) is 10.1 Å². The molecule has 2 aromatic heterocycles. The average molecular weight is 367 g/mol. The first-order valence-corrected chi connectivity index (χ1v) is 8.60. The van der Waals surface area contributed by atoms with E-state index in [0.717, 1.165) is 19.4 Å². The van der Waals surface area contributed by atoms with Gasteiger partial charge in [0.2, 0.25) is 5.82 Å². The van der Waals surface area contributed by atoms with Gasteiger partial charge >= 0.3 is 0 Å². The molecular formula is C18H17N5O4. The van der Waals surface area contributed by atoms with Gasteiger partial charge in [0.25, 0.3) is 11.6 Å². The zero-order chi connectivity index (χ0) is 18.6. The van der Waals surface area contributed by atoms with Crippen LogP contribution in [0.25, 0.3) is 23.0 Å². The number of aromatic nitrogens is 3. The van der Waals surface area contributed by atoms with Gasteiger partial charge < -0.3 is 14.6 Å². The van der Waals surface area contributed by atoms with Crippen LogP contribution in [0.3, 0.4) is 0 Å². The van der Waals surface area contributed by atoms with Crippen LogP contribution in [-0.2, 0) is 4.74 Å². The third-order valence-corrected chi connectivity index (χ3v) is 4.31. The Morgan fingerprint density at radius 2 is 2.22 bits per heavy atom. The summed E-state index contributed by atoms with van der Waals surface area (Å²) in [6.45, 7) is 1.27. The maximum absolute atomic E-state index is 11.5. The lowest BCUT2D eigenvalue weighted by molar-refractivity contribution is -0.383. The third kappa shape index (κ3) is 3.77. The zero-order valence-electron chi connectivity index (χ0n) is 14.4. The summed E-state index contributed by atoms with van der Waals surface area (Å²) in [5.74, 6) is 0.526. The first-order valence-electron chi connectivity index (χ1n) is 8.60. The van der Waals surface area contributed by atoms with Gasteiger partial charge in [-0.05, 0) is 37.1 Å². The molecule has 138 valence electrons. The molecule has 4 rings (SSSR count). The maximum Gasteiger partial charge on any atom is 0.293 e. The Kier molecular flexibility index (Phi) is 4.75. The number of nitrogens with one attached hydrogen (secondary N) is 1. The molecule has 1 aliphatic rings. The predicted octanol–water partition coefficient (Wildman–Crippen LogP) is 3.30. The lowest BCUT2D eigenvalue weighted by Crippen LogP contribution is -2.18. The van der Waals surface area contributed by atoms with Crippen LogP contribution in [0.2, 0.25) is 0 Å². The summed E-state index contributed by atoms with van der Waals surface area (Å²) < 4.78 is 10.8. The Hall–Kier alpha value is -3.33. The highest BCUT2D eigenvalue weighted by molar-refractivity contribution is 5.70. The summed E-state index contributed by atoms with van der Waals surface area (Å²) in [4.78, 5) is 19.5. The van der Waals surface area contributed by atoms with E-state index in [1.54, 1.807) is 30.5 Å². The van der Waals surface area contributed by atoms with Crippen molar-refractivity contribution in [2.24, 2.45) is 0 Å². The number of hydrogen-bond acceptors (Lipinski definition) is 8. The summed E-state index contributed by atoms with van der Waals surface area (Å²) in [5.41, 5.74) is 1.43. The van der Waals surface area contributed by atoms with Crippen LogP contribution in [-0.4, -0.2) is 39.3 Å². The maximum atomic E-state index is 11.5. The molecule has 0 radical (unpaired) electrons. The van der Waals surface area contributed by atoms with E-state index in [0.29, 0.717) is 23.5 Å². The summed E-state index contributed by atoms with van der Waals surface area (Å²) in [6.07, 6.45) is 3.68. The fourth-order valence-corrected chi connectivity index (χ4v) is 2.93. The molecule has 1 aromatic carbocycles. The van der Waals surface area contributed by atoms with Crippen molar-refractivity contribution in [2.75, 3.05) is 18.5 Å². The number of hydrogen-bond donors (Lipinski definition) is 1. The number of nitro benzene ring substituents is 1. The minimum Gasteiger partial charge on any atom is -0.377 e. The van der Waals surface area contributed by atoms with Crippen LogP contribution in [0.4, 0.5) is 11.4 Å². The van der Waals surface area contributed by atoms with E-state index >= 15 is 0 Å². The van der Waals surface area contributed by atoms with Crippen LogP contribution in [0.5, 0.6) is 0 Å². The molecule has 0 amide bonds. The van der Waals surface area contributed by atoms with Gasteiger partial charge in [0.15, 0.2) is 0 Å². The molecule has 0 spiro atoms. The molecule has 0 unspecified atom stereocenters. The summed E-state index contributed by atoms with van der Waals surface area (Å²) in [6, 6.07) is 10.2. The van der Waals surface area contributed by atoms with Crippen molar-refractivity contribution in [3.05, 3.63) is 52.7 Å². The van der Waals surface area contributed by atoms with Gasteiger partial charge in [-0.3, -0.25) is 15.1 Å². The van der Waals surface area contributed by atoms with E-state index in [2.05, 4.69) is 20.4 Å². The van der Waals surface area contributed by atoms with E-state index < -0.39 is 4.92 Å². The summed E-state index contributed by atoms with van der Waals surface area (Å²) >= 11 is 0. The van der Waals surface area contributed by atoms with Crippen molar-refractivity contribution in [2.45, 2.75) is 18.9 Å². The number of anilines is 1. The monoisotopic (exact) mass is 367 g/mol. The molecule has 0 saturated carbocycles. The van der Waals surface area contributed by atoms with Crippen LogP contribution < -0.4 is 5.32 Å². The van der Waals surface area contributed by atoms with Crippen LogP contribution in [0.15, 0.2) is 47.1 Å². The van der Waals surface area contributed by atoms with Gasteiger partial charge in [-0.15, -0.1) is 0 Å². The highest BCUT2D eigenvalue weighted by Gasteiger charge is 2.21. The van der Waals surface area contributed by atoms with Gasteiger partial charge in [-0.1, -0.05) is 11.2 Å². The van der Waals surface area contributed by atoms with E-state index in [4.69, 9.17) is 9.26 Å². The lowest BCUT2D eigenvalue weighted by atomic mass is 10.1. The van der Waals surface area contributed by atoms with Crippen LogP contribution >= 0.6 is 0 Å². The Bertz CT molecular complexity index is 938. The molecule has 0 bridgehead atoms. The molecule has 1 saturated heterocycles.